The second kappa shape index (κ2) is 16.8. The molecule has 7 atom stereocenters. The van der Waals surface area contributed by atoms with Crippen LogP contribution in [-0.4, -0.2) is 92.8 Å². The number of allylic oxidation sites excluding steroid dienone is 1. The van der Waals surface area contributed by atoms with E-state index in [1.165, 1.54) is 18.2 Å². The lowest BCUT2D eigenvalue weighted by atomic mass is 9.86. The molecule has 5 N–H and O–H groups in total. The Labute approximate surface area is 317 Å². The Morgan fingerprint density at radius 3 is 2.46 bits per heavy atom. The van der Waals surface area contributed by atoms with E-state index in [9.17, 15) is 20.1 Å². The molecule has 6 rings (SSSR count). The van der Waals surface area contributed by atoms with Gasteiger partial charge in [0, 0.05) is 70.3 Å². The highest BCUT2D eigenvalue weighted by molar-refractivity contribution is 5.85. The minimum atomic E-state index is -1.18. The van der Waals surface area contributed by atoms with Crippen LogP contribution in [0, 0.1) is 20.8 Å². The molecular formula is C42H56N4O8. The highest BCUT2D eigenvalue weighted by Gasteiger charge is 2.37. The Morgan fingerprint density at radius 2 is 1.74 bits per heavy atom. The van der Waals surface area contributed by atoms with Gasteiger partial charge in [0.1, 0.15) is 6.10 Å². The smallest absolute Gasteiger partial charge is 0.305 e. The van der Waals surface area contributed by atoms with Gasteiger partial charge >= 0.3 is 5.97 Å². The Morgan fingerprint density at radius 1 is 1.00 bits per heavy atom. The Hall–Kier alpha value is -3.91. The van der Waals surface area contributed by atoms with Crippen LogP contribution in [0.2, 0.25) is 0 Å². The van der Waals surface area contributed by atoms with E-state index >= 15 is 0 Å². The molecular weight excluding hydrogens is 688 g/mol. The molecule has 0 spiro atoms. The Kier molecular flexibility index (Phi) is 12.4. The number of aliphatic hydroxyl groups is 3. The van der Waals surface area contributed by atoms with Crippen LogP contribution >= 0.6 is 0 Å². The number of carbonyl (C=O) groups excluding carboxylic acids is 1. The first kappa shape index (κ1) is 39.8. The summed E-state index contributed by atoms with van der Waals surface area (Å²) in [6.45, 7) is 15.2. The highest BCUT2D eigenvalue weighted by Crippen LogP contribution is 2.42. The number of aliphatic hydroxyl groups excluding tert-OH is 3. The fraction of sp³-hybridized carbons (Fsp3) is 0.548. The van der Waals surface area contributed by atoms with E-state index in [0.717, 1.165) is 73.5 Å². The Bertz CT molecular complexity index is 2050. The number of methoxy groups -OCH3 is 1. The van der Waals surface area contributed by atoms with Crippen molar-refractivity contribution in [2.24, 2.45) is 0 Å². The number of ether oxygens (including phenoxy) is 4. The van der Waals surface area contributed by atoms with Gasteiger partial charge in [0.15, 0.2) is 6.29 Å². The van der Waals surface area contributed by atoms with Crippen molar-refractivity contribution in [2.75, 3.05) is 26.9 Å². The van der Waals surface area contributed by atoms with Gasteiger partial charge in [-0.25, -0.2) is 4.98 Å². The third kappa shape index (κ3) is 8.05. The zero-order valence-electron chi connectivity index (χ0n) is 32.8. The van der Waals surface area contributed by atoms with Gasteiger partial charge in [-0.1, -0.05) is 13.8 Å². The average Bonchev–Trinajstić information content (AvgIpc) is 3.86. The molecule has 3 aliphatic rings. The predicted octanol–water partition coefficient (Wildman–Crippen LogP) is 6.52. The number of hydrogen-bond acceptors (Lipinski definition) is 10. The molecule has 0 radical (unpaired) electrons. The van der Waals surface area contributed by atoms with Crippen LogP contribution < -0.4 is 0 Å². The molecule has 1 fully saturated rings. The van der Waals surface area contributed by atoms with Crippen LogP contribution in [0.15, 0.2) is 18.2 Å². The number of aromatic nitrogens is 4. The molecule has 12 nitrogen and oxygen atoms in total. The zero-order chi connectivity index (χ0) is 38.8. The van der Waals surface area contributed by atoms with Crippen molar-refractivity contribution in [3.05, 3.63) is 68.8 Å². The number of esters is 1. The second-order valence-electron chi connectivity index (χ2n) is 14.9. The van der Waals surface area contributed by atoms with Crippen LogP contribution in [0.25, 0.3) is 33.7 Å². The van der Waals surface area contributed by atoms with Crippen molar-refractivity contribution < 1.29 is 39.1 Å². The van der Waals surface area contributed by atoms with E-state index < -0.39 is 24.6 Å². The molecule has 1 saturated heterocycles. The van der Waals surface area contributed by atoms with Crippen LogP contribution in [0.5, 0.6) is 0 Å². The lowest BCUT2D eigenvalue weighted by Gasteiger charge is -2.36. The van der Waals surface area contributed by atoms with Gasteiger partial charge in [-0.05, 0) is 106 Å². The predicted molar refractivity (Wildman–Crippen MR) is 208 cm³/mol. The first-order valence-electron chi connectivity index (χ1n) is 19.2. The molecule has 0 aliphatic carbocycles. The SMILES string of the molecule is CCc1c(C)c2cc3[nH]c(cc4nc(c(C)c5nc(cc1[nH]2)C(C)=C5)[C@@H](CCC(=O)OC)[C@@H]4C)c(C)c3C(C)OCCCO[C@@H]1O[C@H](CO)C[C@H](O)[C@H]1O. The van der Waals surface area contributed by atoms with Crippen molar-refractivity contribution in [2.45, 2.75) is 123 Å². The molecule has 3 aromatic rings. The highest BCUT2D eigenvalue weighted by atomic mass is 16.7. The number of aromatic amines is 2. The van der Waals surface area contributed by atoms with Crippen LogP contribution in [0.1, 0.15) is 122 Å². The Balaban J connectivity index is 1.41. The lowest BCUT2D eigenvalue weighted by Crippen LogP contribution is -2.50. The van der Waals surface area contributed by atoms with Crippen LogP contribution in [-0.2, 0) is 30.2 Å². The summed E-state index contributed by atoms with van der Waals surface area (Å²) >= 11 is 0. The monoisotopic (exact) mass is 744 g/mol. The van der Waals surface area contributed by atoms with Gasteiger partial charge in [-0.2, -0.15) is 0 Å². The summed E-state index contributed by atoms with van der Waals surface area (Å²) in [5.74, 6) is -0.176. The first-order valence-corrected chi connectivity index (χ1v) is 19.2. The van der Waals surface area contributed by atoms with Gasteiger partial charge < -0.3 is 44.2 Å². The molecule has 54 heavy (non-hydrogen) atoms. The minimum Gasteiger partial charge on any atom is -0.469 e. The normalized spacial score (nSPS) is 23.4. The topological polar surface area (TPSA) is 172 Å². The maximum Gasteiger partial charge on any atom is 0.305 e. The average molecular weight is 745 g/mol. The van der Waals surface area contributed by atoms with E-state index in [1.807, 2.05) is 6.92 Å². The number of fused-ring (bicyclic) bond motifs is 8. The van der Waals surface area contributed by atoms with Crippen molar-refractivity contribution in [3.63, 3.8) is 0 Å². The standard InChI is InChI=1S/C42H56N4O8/c1-9-28-22(3)32-19-36-39(26(7)52-13-10-14-53-42-41(50)37(48)16-27(20-47)54-42)24(5)34(45-36)18-33-23(4)29(11-12-38(49)51-8)40(46-33)25(6)31-15-21(2)30(43-31)17-35(28)44-32/h15,17-19,23,26-27,29,37,41-42,44-45,47-48,50H,9-14,16,20H2,1-8H3/t23-,26?,27-,29-,37-,41+,42+/m0/s1. The molecule has 0 amide bonds. The van der Waals surface area contributed by atoms with E-state index in [-0.39, 0.29) is 43.5 Å². The van der Waals surface area contributed by atoms with Crippen molar-refractivity contribution in [3.8, 4) is 0 Å². The van der Waals surface area contributed by atoms with E-state index in [4.69, 9.17) is 28.9 Å². The molecule has 0 saturated carbocycles. The second-order valence-corrected chi connectivity index (χ2v) is 14.9. The minimum absolute atomic E-state index is 0.0125. The van der Waals surface area contributed by atoms with Crippen LogP contribution in [0.4, 0.5) is 0 Å². The third-order valence-electron chi connectivity index (χ3n) is 11.4. The van der Waals surface area contributed by atoms with Gasteiger partial charge in [-0.15, -0.1) is 0 Å². The molecule has 8 bridgehead atoms. The number of rotatable bonds is 12. The zero-order valence-corrected chi connectivity index (χ0v) is 32.8. The van der Waals surface area contributed by atoms with Gasteiger partial charge in [0.25, 0.3) is 0 Å². The first-order chi connectivity index (χ1) is 25.8. The van der Waals surface area contributed by atoms with Crippen molar-refractivity contribution in [1.29, 1.82) is 0 Å². The quantitative estimate of drug-likeness (QED) is 0.102. The molecule has 12 heteroatoms. The summed E-state index contributed by atoms with van der Waals surface area (Å²) in [5.41, 5.74) is 14.2. The van der Waals surface area contributed by atoms with Crippen molar-refractivity contribution >= 4 is 39.7 Å². The number of nitrogens with zero attached hydrogens (tertiary/aromatic N) is 2. The summed E-state index contributed by atoms with van der Waals surface area (Å²) in [5, 5.41) is 29.9. The summed E-state index contributed by atoms with van der Waals surface area (Å²) in [6, 6.07) is 6.44. The van der Waals surface area contributed by atoms with Gasteiger partial charge in [-0.3, -0.25) is 9.78 Å². The summed E-state index contributed by atoms with van der Waals surface area (Å²) in [4.78, 5) is 30.1. The number of H-pyrrole nitrogens is 2. The number of nitrogens with one attached hydrogen (secondary N) is 2. The summed E-state index contributed by atoms with van der Waals surface area (Å²) in [7, 11) is 1.42. The fourth-order valence-corrected chi connectivity index (χ4v) is 8.09. The number of hydrogen-bond donors (Lipinski definition) is 5. The van der Waals surface area contributed by atoms with Crippen molar-refractivity contribution in [1.82, 2.24) is 19.9 Å². The number of carbonyl (C=O) groups is 1. The molecule has 292 valence electrons. The van der Waals surface area contributed by atoms with E-state index in [1.54, 1.807) is 0 Å². The molecule has 3 aliphatic heterocycles. The maximum atomic E-state index is 12.3. The van der Waals surface area contributed by atoms with E-state index in [0.29, 0.717) is 25.9 Å². The molecule has 1 unspecified atom stereocenters. The maximum absolute atomic E-state index is 12.3. The fourth-order valence-electron chi connectivity index (χ4n) is 8.09. The molecule has 3 aromatic heterocycles. The molecule has 6 heterocycles. The van der Waals surface area contributed by atoms with E-state index in [2.05, 4.69) is 75.8 Å². The van der Waals surface area contributed by atoms with Crippen LogP contribution in [0.3, 0.4) is 0 Å². The van der Waals surface area contributed by atoms with Gasteiger partial charge in [0.05, 0.1) is 50.0 Å². The third-order valence-corrected chi connectivity index (χ3v) is 11.4. The summed E-state index contributed by atoms with van der Waals surface area (Å²) in [6.07, 6.45) is 0.487. The largest absolute Gasteiger partial charge is 0.469 e. The van der Waals surface area contributed by atoms with Gasteiger partial charge in [0.2, 0.25) is 0 Å². The summed E-state index contributed by atoms with van der Waals surface area (Å²) < 4.78 is 22.8. The number of aryl methyl sites for hydroxylation is 3. The lowest BCUT2D eigenvalue weighted by molar-refractivity contribution is -0.271. The molecule has 0 aromatic carbocycles.